The SMILES string of the molecule is CC(C(=O)NC(C)(C)CO)c1ccccc1. The molecule has 0 heterocycles. The van der Waals surface area contributed by atoms with Crippen LogP contribution in [0.3, 0.4) is 0 Å². The zero-order valence-electron chi connectivity index (χ0n) is 10.0. The van der Waals surface area contributed by atoms with Crippen LogP contribution in [0.25, 0.3) is 0 Å². The van der Waals surface area contributed by atoms with Gasteiger partial charge >= 0.3 is 0 Å². The summed E-state index contributed by atoms with van der Waals surface area (Å²) in [6.07, 6.45) is 0. The van der Waals surface area contributed by atoms with Crippen molar-refractivity contribution in [3.05, 3.63) is 35.9 Å². The van der Waals surface area contributed by atoms with Crippen LogP contribution in [0.4, 0.5) is 0 Å². The molecule has 1 rings (SSSR count). The van der Waals surface area contributed by atoms with Crippen LogP contribution >= 0.6 is 0 Å². The fourth-order valence-electron chi connectivity index (χ4n) is 1.37. The third-order valence-electron chi connectivity index (χ3n) is 2.55. The fourth-order valence-corrected chi connectivity index (χ4v) is 1.37. The number of aliphatic hydroxyl groups is 1. The summed E-state index contributed by atoms with van der Waals surface area (Å²) in [5, 5.41) is 11.9. The highest BCUT2D eigenvalue weighted by Gasteiger charge is 2.23. The van der Waals surface area contributed by atoms with Crippen LogP contribution in [0, 0.1) is 0 Å². The van der Waals surface area contributed by atoms with Crippen molar-refractivity contribution in [1.82, 2.24) is 5.32 Å². The van der Waals surface area contributed by atoms with Crippen LogP contribution in [0.15, 0.2) is 30.3 Å². The van der Waals surface area contributed by atoms with Gasteiger partial charge in [0, 0.05) is 0 Å². The lowest BCUT2D eigenvalue weighted by atomic mass is 9.98. The number of amides is 1. The van der Waals surface area contributed by atoms with E-state index in [0.717, 1.165) is 5.56 Å². The quantitative estimate of drug-likeness (QED) is 0.812. The first-order valence-corrected chi connectivity index (χ1v) is 5.44. The maximum Gasteiger partial charge on any atom is 0.227 e. The molecule has 0 saturated carbocycles. The third-order valence-corrected chi connectivity index (χ3v) is 2.55. The predicted octanol–water partition coefficient (Wildman–Crippen LogP) is 1.68. The van der Waals surface area contributed by atoms with Crippen LogP contribution < -0.4 is 5.32 Å². The highest BCUT2D eigenvalue weighted by molar-refractivity contribution is 5.83. The van der Waals surface area contributed by atoms with Crippen LogP contribution in [-0.4, -0.2) is 23.2 Å². The Labute approximate surface area is 96.5 Å². The van der Waals surface area contributed by atoms with E-state index in [1.807, 2.05) is 37.3 Å². The van der Waals surface area contributed by atoms with Crippen molar-refractivity contribution in [2.75, 3.05) is 6.61 Å². The van der Waals surface area contributed by atoms with Crippen molar-refractivity contribution in [3.63, 3.8) is 0 Å². The number of rotatable bonds is 4. The number of hydrogen-bond donors (Lipinski definition) is 2. The van der Waals surface area contributed by atoms with Gasteiger partial charge in [0.15, 0.2) is 0 Å². The van der Waals surface area contributed by atoms with E-state index in [-0.39, 0.29) is 18.4 Å². The number of nitrogens with one attached hydrogen (secondary N) is 1. The normalized spacial score (nSPS) is 13.2. The predicted molar refractivity (Wildman–Crippen MR) is 64.2 cm³/mol. The van der Waals surface area contributed by atoms with Gasteiger partial charge in [0.25, 0.3) is 0 Å². The van der Waals surface area contributed by atoms with E-state index in [2.05, 4.69) is 5.32 Å². The topological polar surface area (TPSA) is 49.3 Å². The molecule has 88 valence electrons. The molecule has 0 aliphatic rings. The average molecular weight is 221 g/mol. The van der Waals surface area contributed by atoms with Crippen LogP contribution in [-0.2, 0) is 4.79 Å². The molecule has 0 saturated heterocycles. The molecule has 1 unspecified atom stereocenters. The third kappa shape index (κ3) is 3.35. The molecule has 0 aliphatic carbocycles. The Hall–Kier alpha value is -1.35. The molecule has 0 bridgehead atoms. The van der Waals surface area contributed by atoms with Gasteiger partial charge in [-0.2, -0.15) is 0 Å². The van der Waals surface area contributed by atoms with Crippen molar-refractivity contribution >= 4 is 5.91 Å². The Morgan fingerprint density at radius 1 is 1.38 bits per heavy atom. The number of hydrogen-bond acceptors (Lipinski definition) is 2. The zero-order valence-corrected chi connectivity index (χ0v) is 10.0. The minimum absolute atomic E-state index is 0.0646. The molecular formula is C13H19NO2. The molecule has 3 nitrogen and oxygen atoms in total. The van der Waals surface area contributed by atoms with Crippen LogP contribution in [0.5, 0.6) is 0 Å². The first kappa shape index (κ1) is 12.7. The maximum absolute atomic E-state index is 11.9. The first-order chi connectivity index (χ1) is 7.46. The summed E-state index contributed by atoms with van der Waals surface area (Å²) in [6, 6.07) is 9.60. The monoisotopic (exact) mass is 221 g/mol. The lowest BCUT2D eigenvalue weighted by molar-refractivity contribution is -0.124. The van der Waals surface area contributed by atoms with Gasteiger partial charge in [0.05, 0.1) is 18.1 Å². The Balaban J connectivity index is 2.69. The first-order valence-electron chi connectivity index (χ1n) is 5.44. The van der Waals surface area contributed by atoms with Gasteiger partial charge in [-0.1, -0.05) is 30.3 Å². The largest absolute Gasteiger partial charge is 0.394 e. The second-order valence-electron chi connectivity index (χ2n) is 4.66. The second-order valence-corrected chi connectivity index (χ2v) is 4.66. The summed E-state index contributed by atoms with van der Waals surface area (Å²) in [4.78, 5) is 11.9. The molecule has 1 atom stereocenters. The van der Waals surface area contributed by atoms with Crippen molar-refractivity contribution in [1.29, 1.82) is 0 Å². The zero-order chi connectivity index (χ0) is 12.2. The molecule has 2 N–H and O–H groups in total. The highest BCUT2D eigenvalue weighted by atomic mass is 16.3. The molecular weight excluding hydrogens is 202 g/mol. The molecule has 1 aromatic carbocycles. The van der Waals surface area contributed by atoms with Gasteiger partial charge in [-0.25, -0.2) is 0 Å². The lowest BCUT2D eigenvalue weighted by Crippen LogP contribution is -2.47. The van der Waals surface area contributed by atoms with Gasteiger partial charge in [0.2, 0.25) is 5.91 Å². The number of carbonyl (C=O) groups is 1. The van der Waals surface area contributed by atoms with E-state index >= 15 is 0 Å². The number of carbonyl (C=O) groups excluding carboxylic acids is 1. The average Bonchev–Trinajstić information content (AvgIpc) is 2.28. The van der Waals surface area contributed by atoms with Gasteiger partial charge < -0.3 is 10.4 Å². The van der Waals surface area contributed by atoms with Crippen molar-refractivity contribution in [3.8, 4) is 0 Å². The molecule has 0 radical (unpaired) electrons. The summed E-state index contributed by atoms with van der Waals surface area (Å²) < 4.78 is 0. The fraction of sp³-hybridized carbons (Fsp3) is 0.462. The van der Waals surface area contributed by atoms with E-state index in [1.54, 1.807) is 13.8 Å². The summed E-state index contributed by atoms with van der Waals surface area (Å²) in [5.74, 6) is -0.266. The molecule has 0 fully saturated rings. The Morgan fingerprint density at radius 3 is 2.44 bits per heavy atom. The maximum atomic E-state index is 11.9. The summed E-state index contributed by atoms with van der Waals surface area (Å²) in [7, 11) is 0. The van der Waals surface area contributed by atoms with Gasteiger partial charge in [0.1, 0.15) is 0 Å². The molecule has 0 spiro atoms. The molecule has 0 aliphatic heterocycles. The van der Waals surface area contributed by atoms with E-state index in [9.17, 15) is 4.79 Å². The molecule has 0 aromatic heterocycles. The van der Waals surface area contributed by atoms with E-state index < -0.39 is 5.54 Å². The lowest BCUT2D eigenvalue weighted by Gasteiger charge is -2.25. The minimum atomic E-state index is -0.569. The Bertz CT molecular complexity index is 346. The van der Waals surface area contributed by atoms with Gasteiger partial charge in [-0.3, -0.25) is 4.79 Å². The van der Waals surface area contributed by atoms with Gasteiger partial charge in [-0.15, -0.1) is 0 Å². The summed E-state index contributed by atoms with van der Waals surface area (Å²) in [6.45, 7) is 5.38. The minimum Gasteiger partial charge on any atom is -0.394 e. The summed E-state index contributed by atoms with van der Waals surface area (Å²) >= 11 is 0. The van der Waals surface area contributed by atoms with Crippen molar-refractivity contribution in [2.45, 2.75) is 32.2 Å². The van der Waals surface area contributed by atoms with Gasteiger partial charge in [-0.05, 0) is 26.3 Å². The Kier molecular flexibility index (Phi) is 4.07. The summed E-state index contributed by atoms with van der Waals surface area (Å²) in [5.41, 5.74) is 0.411. The molecule has 16 heavy (non-hydrogen) atoms. The number of aliphatic hydroxyl groups excluding tert-OH is 1. The van der Waals surface area contributed by atoms with Crippen LogP contribution in [0.2, 0.25) is 0 Å². The molecule has 1 aromatic rings. The molecule has 1 amide bonds. The van der Waals surface area contributed by atoms with Crippen LogP contribution in [0.1, 0.15) is 32.3 Å². The van der Waals surface area contributed by atoms with E-state index in [0.29, 0.717) is 0 Å². The van der Waals surface area contributed by atoms with E-state index in [4.69, 9.17) is 5.11 Å². The van der Waals surface area contributed by atoms with Crippen molar-refractivity contribution < 1.29 is 9.90 Å². The molecule has 3 heteroatoms. The number of benzene rings is 1. The second kappa shape index (κ2) is 5.12. The smallest absolute Gasteiger partial charge is 0.227 e. The Morgan fingerprint density at radius 2 is 1.94 bits per heavy atom. The van der Waals surface area contributed by atoms with Crippen molar-refractivity contribution in [2.24, 2.45) is 0 Å². The van der Waals surface area contributed by atoms with E-state index in [1.165, 1.54) is 0 Å². The highest BCUT2D eigenvalue weighted by Crippen LogP contribution is 2.15. The standard InChI is InChI=1S/C13H19NO2/c1-10(11-7-5-4-6-8-11)12(16)14-13(2,3)9-15/h4-8,10,15H,9H2,1-3H3,(H,14,16).